The van der Waals surface area contributed by atoms with Gasteiger partial charge in [0.1, 0.15) is 5.75 Å². The summed E-state index contributed by atoms with van der Waals surface area (Å²) < 4.78 is 5.84. The number of hydrogen-bond donors (Lipinski definition) is 1. The molecule has 1 aromatic carbocycles. The highest BCUT2D eigenvalue weighted by molar-refractivity contribution is 6.30. The molecule has 0 fully saturated rings. The first-order valence-electron chi connectivity index (χ1n) is 8.17. The average molecular weight is 353 g/mol. The molecule has 0 unspecified atom stereocenters. The van der Waals surface area contributed by atoms with Crippen LogP contribution in [0, 0.1) is 19.8 Å². The van der Waals surface area contributed by atoms with Crippen molar-refractivity contribution in [3.05, 3.63) is 46.0 Å². The zero-order valence-corrected chi connectivity index (χ0v) is 16.3. The molecule has 0 aromatic heterocycles. The SMILES string of the molecule is C/C=C(\C=C(\Cl)C(C)C)c1cc(C)c(OCCC)c(C)c1.O=CO. The largest absolute Gasteiger partial charge is 0.493 e. The van der Waals surface area contributed by atoms with E-state index in [1.807, 2.05) is 6.92 Å². The van der Waals surface area contributed by atoms with Gasteiger partial charge in [0, 0.05) is 5.03 Å². The number of halogens is 1. The summed E-state index contributed by atoms with van der Waals surface area (Å²) in [4.78, 5) is 8.36. The van der Waals surface area contributed by atoms with Gasteiger partial charge in [0.05, 0.1) is 6.61 Å². The number of benzene rings is 1. The molecule has 0 bridgehead atoms. The summed E-state index contributed by atoms with van der Waals surface area (Å²) in [6.45, 7) is 13.1. The summed E-state index contributed by atoms with van der Waals surface area (Å²) in [6, 6.07) is 4.35. The number of carbonyl (C=O) groups is 1. The molecule has 0 aliphatic heterocycles. The summed E-state index contributed by atoms with van der Waals surface area (Å²) in [5.74, 6) is 1.35. The summed E-state index contributed by atoms with van der Waals surface area (Å²) >= 11 is 6.31. The molecule has 0 aliphatic carbocycles. The van der Waals surface area contributed by atoms with Crippen LogP contribution >= 0.6 is 11.6 Å². The van der Waals surface area contributed by atoms with Crippen molar-refractivity contribution in [1.82, 2.24) is 0 Å². The maximum atomic E-state index is 8.36. The Hall–Kier alpha value is -1.74. The fourth-order valence-electron chi connectivity index (χ4n) is 2.20. The summed E-state index contributed by atoms with van der Waals surface area (Å²) in [5.41, 5.74) is 4.69. The second-order valence-corrected chi connectivity index (χ2v) is 6.26. The molecule has 0 amide bonds. The van der Waals surface area contributed by atoms with Crippen LogP contribution in [0.2, 0.25) is 0 Å². The zero-order chi connectivity index (χ0) is 18.7. The third-order valence-electron chi connectivity index (χ3n) is 3.40. The molecule has 0 spiro atoms. The Morgan fingerprint density at radius 3 is 2.17 bits per heavy atom. The van der Waals surface area contributed by atoms with Gasteiger partial charge >= 0.3 is 0 Å². The molecule has 0 aliphatic rings. The smallest absolute Gasteiger partial charge is 0.290 e. The molecule has 0 heterocycles. The minimum atomic E-state index is -0.250. The predicted molar refractivity (Wildman–Crippen MR) is 103 cm³/mol. The number of aryl methyl sites for hydroxylation is 2. The molecular formula is C20H29ClO3. The molecule has 1 N–H and O–H groups in total. The predicted octanol–water partition coefficient (Wildman–Crippen LogP) is 5.98. The lowest BCUT2D eigenvalue weighted by atomic mass is 9.98. The molecule has 134 valence electrons. The Morgan fingerprint density at radius 2 is 1.79 bits per heavy atom. The van der Waals surface area contributed by atoms with E-state index in [-0.39, 0.29) is 6.47 Å². The lowest BCUT2D eigenvalue weighted by Crippen LogP contribution is -2.00. The van der Waals surface area contributed by atoms with Crippen LogP contribution in [0.1, 0.15) is 50.8 Å². The first kappa shape index (κ1) is 22.3. The number of ether oxygens (including phenoxy) is 1. The molecule has 0 atom stereocenters. The van der Waals surface area contributed by atoms with Gasteiger partial charge in [-0.2, -0.15) is 0 Å². The van der Waals surface area contributed by atoms with Crippen LogP contribution in [-0.2, 0) is 4.79 Å². The molecule has 24 heavy (non-hydrogen) atoms. The van der Waals surface area contributed by atoms with Crippen molar-refractivity contribution >= 4 is 23.6 Å². The van der Waals surface area contributed by atoms with Crippen molar-refractivity contribution < 1.29 is 14.6 Å². The van der Waals surface area contributed by atoms with E-state index in [9.17, 15) is 0 Å². The van der Waals surface area contributed by atoms with E-state index in [4.69, 9.17) is 26.2 Å². The van der Waals surface area contributed by atoms with E-state index in [0.717, 1.165) is 29.4 Å². The number of rotatable bonds is 6. The van der Waals surface area contributed by atoms with Crippen LogP contribution in [0.4, 0.5) is 0 Å². The highest BCUT2D eigenvalue weighted by Crippen LogP contribution is 2.30. The molecular weight excluding hydrogens is 324 g/mol. The van der Waals surface area contributed by atoms with Gasteiger partial charge in [-0.25, -0.2) is 0 Å². The van der Waals surface area contributed by atoms with Gasteiger partial charge in [0.2, 0.25) is 0 Å². The lowest BCUT2D eigenvalue weighted by Gasteiger charge is -2.14. The van der Waals surface area contributed by atoms with Crippen LogP contribution in [0.3, 0.4) is 0 Å². The standard InChI is InChI=1S/C19H27ClO.CH2O2/c1-7-9-21-19-14(5)10-17(11-15(19)6)16(8-2)12-18(20)13(3)4;2-1-3/h8,10-13H,7,9H2,1-6H3;1H,(H,2,3)/b16-8+,18-12+;. The van der Waals surface area contributed by atoms with E-state index in [2.05, 4.69) is 58.9 Å². The van der Waals surface area contributed by atoms with E-state index in [0.29, 0.717) is 5.92 Å². The van der Waals surface area contributed by atoms with E-state index >= 15 is 0 Å². The fourth-order valence-corrected chi connectivity index (χ4v) is 2.31. The monoisotopic (exact) mass is 352 g/mol. The van der Waals surface area contributed by atoms with Crippen molar-refractivity contribution in [3.63, 3.8) is 0 Å². The average Bonchev–Trinajstić information content (AvgIpc) is 2.52. The van der Waals surface area contributed by atoms with Gasteiger partial charge in [-0.1, -0.05) is 38.4 Å². The Balaban J connectivity index is 0.00000163. The van der Waals surface area contributed by atoms with Gasteiger partial charge in [-0.05, 0) is 73.6 Å². The molecule has 1 aromatic rings. The van der Waals surface area contributed by atoms with Crippen molar-refractivity contribution in [2.45, 2.75) is 48.0 Å². The summed E-state index contributed by atoms with van der Waals surface area (Å²) in [5, 5.41) is 7.77. The molecule has 0 radical (unpaired) electrons. The second kappa shape index (κ2) is 11.7. The van der Waals surface area contributed by atoms with Crippen LogP contribution in [0.15, 0.2) is 29.3 Å². The minimum absolute atomic E-state index is 0.250. The quantitative estimate of drug-likeness (QED) is 0.506. The first-order chi connectivity index (χ1) is 11.3. The van der Waals surface area contributed by atoms with Gasteiger partial charge < -0.3 is 9.84 Å². The van der Waals surface area contributed by atoms with Gasteiger partial charge in [-0.3, -0.25) is 4.79 Å². The molecule has 0 saturated heterocycles. The topological polar surface area (TPSA) is 46.5 Å². The van der Waals surface area contributed by atoms with Crippen molar-refractivity contribution in [2.75, 3.05) is 6.61 Å². The Morgan fingerprint density at radius 1 is 1.29 bits per heavy atom. The normalized spacial score (nSPS) is 11.8. The molecule has 1 rings (SSSR count). The summed E-state index contributed by atoms with van der Waals surface area (Å²) in [6.07, 6.45) is 5.19. The molecule has 0 saturated carbocycles. The molecule has 4 heteroatoms. The van der Waals surface area contributed by atoms with Crippen LogP contribution in [0.5, 0.6) is 5.75 Å². The Kier molecular flexibility index (Phi) is 10.9. The maximum absolute atomic E-state index is 8.36. The van der Waals surface area contributed by atoms with Crippen LogP contribution in [-0.4, -0.2) is 18.2 Å². The van der Waals surface area contributed by atoms with Gasteiger partial charge in [-0.15, -0.1) is 0 Å². The van der Waals surface area contributed by atoms with Crippen molar-refractivity contribution in [1.29, 1.82) is 0 Å². The number of hydrogen-bond acceptors (Lipinski definition) is 2. The highest BCUT2D eigenvalue weighted by Gasteiger charge is 2.09. The first-order valence-corrected chi connectivity index (χ1v) is 8.55. The van der Waals surface area contributed by atoms with Crippen LogP contribution < -0.4 is 4.74 Å². The van der Waals surface area contributed by atoms with Crippen LogP contribution in [0.25, 0.3) is 5.57 Å². The highest BCUT2D eigenvalue weighted by atomic mass is 35.5. The third kappa shape index (κ3) is 7.22. The van der Waals surface area contributed by atoms with Crippen molar-refractivity contribution in [3.8, 4) is 5.75 Å². The second-order valence-electron chi connectivity index (χ2n) is 5.82. The Labute approximate surface area is 151 Å². The number of allylic oxidation sites excluding steroid dienone is 4. The maximum Gasteiger partial charge on any atom is 0.290 e. The lowest BCUT2D eigenvalue weighted by molar-refractivity contribution is -0.122. The Bertz CT molecular complexity index is 564. The van der Waals surface area contributed by atoms with E-state index < -0.39 is 0 Å². The molecule has 3 nitrogen and oxygen atoms in total. The van der Waals surface area contributed by atoms with Crippen molar-refractivity contribution in [2.24, 2.45) is 5.92 Å². The third-order valence-corrected chi connectivity index (χ3v) is 3.95. The zero-order valence-electron chi connectivity index (χ0n) is 15.5. The summed E-state index contributed by atoms with van der Waals surface area (Å²) in [7, 11) is 0. The van der Waals surface area contributed by atoms with E-state index in [1.54, 1.807) is 0 Å². The van der Waals surface area contributed by atoms with Gasteiger partial charge in [0.25, 0.3) is 6.47 Å². The van der Waals surface area contributed by atoms with E-state index in [1.165, 1.54) is 16.7 Å². The minimum Gasteiger partial charge on any atom is -0.493 e. The van der Waals surface area contributed by atoms with Gasteiger partial charge in [0.15, 0.2) is 0 Å². The number of carboxylic acid groups (broad SMARTS) is 1. The fraction of sp³-hybridized carbons (Fsp3) is 0.450.